The molecule has 0 spiro atoms. The van der Waals surface area contributed by atoms with E-state index in [0.29, 0.717) is 12.2 Å². The maximum Gasteiger partial charge on any atom is 0.270 e. The van der Waals surface area contributed by atoms with Gasteiger partial charge in [-0.1, -0.05) is 31.2 Å². The van der Waals surface area contributed by atoms with Crippen molar-refractivity contribution in [3.63, 3.8) is 0 Å². The minimum atomic E-state index is -0.495. The van der Waals surface area contributed by atoms with Crippen molar-refractivity contribution in [1.82, 2.24) is 10.2 Å². The second-order valence-electron chi connectivity index (χ2n) is 7.67. The van der Waals surface area contributed by atoms with Gasteiger partial charge in [0.15, 0.2) is 0 Å². The van der Waals surface area contributed by atoms with Crippen LogP contribution in [-0.4, -0.2) is 35.9 Å². The predicted molar refractivity (Wildman–Crippen MR) is 114 cm³/mol. The van der Waals surface area contributed by atoms with Crippen molar-refractivity contribution in [2.45, 2.75) is 32.9 Å². The molecule has 0 bridgehead atoms. The molecule has 1 heterocycles. The summed E-state index contributed by atoms with van der Waals surface area (Å²) < 4.78 is 0. The average molecular weight is 396 g/mol. The number of nitrogens with one attached hydrogen (secondary N) is 2. The van der Waals surface area contributed by atoms with Gasteiger partial charge in [0.25, 0.3) is 11.6 Å². The Bertz CT molecular complexity index is 884. The second-order valence-corrected chi connectivity index (χ2v) is 7.67. The monoisotopic (exact) mass is 396 g/mol. The third kappa shape index (κ3) is 5.32. The third-order valence-corrected chi connectivity index (χ3v) is 5.41. The highest BCUT2D eigenvalue weighted by Crippen LogP contribution is 2.24. The lowest BCUT2D eigenvalue weighted by Crippen LogP contribution is -2.34. The van der Waals surface area contributed by atoms with E-state index in [-0.39, 0.29) is 17.2 Å². The molecule has 0 radical (unpaired) electrons. The van der Waals surface area contributed by atoms with E-state index in [1.54, 1.807) is 6.07 Å². The fourth-order valence-electron chi connectivity index (χ4n) is 3.87. The molecule has 1 fully saturated rings. The van der Waals surface area contributed by atoms with Crippen LogP contribution in [0.5, 0.6) is 0 Å². The Kier molecular flexibility index (Phi) is 6.82. The number of rotatable bonds is 7. The molecule has 1 amide bonds. The topological polar surface area (TPSA) is 87.5 Å². The molecule has 2 aromatic rings. The van der Waals surface area contributed by atoms with Gasteiger partial charge < -0.3 is 10.6 Å². The maximum absolute atomic E-state index is 12.2. The molecule has 1 aliphatic rings. The molecular weight excluding hydrogens is 368 g/mol. The highest BCUT2D eigenvalue weighted by Gasteiger charge is 2.18. The van der Waals surface area contributed by atoms with Crippen LogP contribution in [0.3, 0.4) is 0 Å². The molecule has 2 aromatic carbocycles. The molecule has 1 atom stereocenters. The van der Waals surface area contributed by atoms with Gasteiger partial charge in [-0.2, -0.15) is 0 Å². The van der Waals surface area contributed by atoms with Crippen LogP contribution in [0.1, 0.15) is 41.3 Å². The summed E-state index contributed by atoms with van der Waals surface area (Å²) in [5.41, 5.74) is 3.17. The molecule has 3 rings (SSSR count). The summed E-state index contributed by atoms with van der Waals surface area (Å²) in [5, 5.41) is 16.9. The van der Waals surface area contributed by atoms with Crippen LogP contribution in [0.2, 0.25) is 0 Å². The van der Waals surface area contributed by atoms with E-state index in [4.69, 9.17) is 0 Å². The molecule has 1 unspecified atom stereocenters. The fraction of sp³-hybridized carbons (Fsp3) is 0.409. The number of carbonyl (C=O) groups is 1. The molecule has 0 saturated carbocycles. The smallest absolute Gasteiger partial charge is 0.270 e. The van der Waals surface area contributed by atoms with E-state index in [1.165, 1.54) is 37.6 Å². The number of nitro benzene ring substituents is 1. The average Bonchev–Trinajstić information content (AvgIpc) is 2.72. The number of carbonyl (C=O) groups excluding carboxylic acids is 1. The Balaban J connectivity index is 1.76. The first-order valence-electron chi connectivity index (χ1n) is 10.0. The minimum Gasteiger partial charge on any atom is -0.380 e. The Hall–Kier alpha value is -2.93. The summed E-state index contributed by atoms with van der Waals surface area (Å²) in [6.45, 7) is 5.99. The van der Waals surface area contributed by atoms with E-state index < -0.39 is 4.92 Å². The van der Waals surface area contributed by atoms with E-state index in [1.807, 2.05) is 12.1 Å². The van der Waals surface area contributed by atoms with Crippen molar-refractivity contribution in [3.8, 4) is 0 Å². The lowest BCUT2D eigenvalue weighted by atomic mass is 9.99. The van der Waals surface area contributed by atoms with Crippen LogP contribution in [0.25, 0.3) is 0 Å². The standard InChI is InChI=1S/C22H28N4O3/c1-16-6-5-11-25(14-16)15-18-8-4-3-7-17(18)13-24-21-10-9-19(26(28)29)12-20(21)22(27)23-2/h3-4,7-10,12,16,24H,5-6,11,13-15H2,1-2H3,(H,23,27). The SMILES string of the molecule is CNC(=O)c1cc([N+](=O)[O-])ccc1NCc1ccccc1CN1CCCC(C)C1. The van der Waals surface area contributed by atoms with Gasteiger partial charge in [0.1, 0.15) is 0 Å². The first-order valence-corrected chi connectivity index (χ1v) is 10.0. The molecule has 1 saturated heterocycles. The Morgan fingerprint density at radius 1 is 1.24 bits per heavy atom. The fourth-order valence-corrected chi connectivity index (χ4v) is 3.87. The molecule has 0 aliphatic carbocycles. The van der Waals surface area contributed by atoms with Crippen molar-refractivity contribution in [2.75, 3.05) is 25.5 Å². The number of hydrogen-bond donors (Lipinski definition) is 2. The van der Waals surface area contributed by atoms with Gasteiger partial charge in [-0.25, -0.2) is 0 Å². The minimum absolute atomic E-state index is 0.103. The van der Waals surface area contributed by atoms with Crippen LogP contribution in [0.15, 0.2) is 42.5 Å². The zero-order valence-electron chi connectivity index (χ0n) is 17.0. The molecular formula is C22H28N4O3. The zero-order valence-corrected chi connectivity index (χ0v) is 17.0. The number of piperidine rings is 1. The first kappa shape index (κ1) is 20.8. The number of nitrogens with zero attached hydrogens (tertiary/aromatic N) is 2. The van der Waals surface area contributed by atoms with Crippen LogP contribution < -0.4 is 10.6 Å². The van der Waals surface area contributed by atoms with Crippen LogP contribution in [0, 0.1) is 16.0 Å². The molecule has 7 nitrogen and oxygen atoms in total. The van der Waals surface area contributed by atoms with Gasteiger partial charge >= 0.3 is 0 Å². The summed E-state index contributed by atoms with van der Waals surface area (Å²) in [4.78, 5) is 25.3. The highest BCUT2D eigenvalue weighted by atomic mass is 16.6. The number of amides is 1. The molecule has 154 valence electrons. The van der Waals surface area contributed by atoms with Crippen LogP contribution in [-0.2, 0) is 13.1 Å². The largest absolute Gasteiger partial charge is 0.380 e. The number of likely N-dealkylation sites (tertiary alicyclic amines) is 1. The third-order valence-electron chi connectivity index (χ3n) is 5.41. The zero-order chi connectivity index (χ0) is 20.8. The normalized spacial score (nSPS) is 17.0. The van der Waals surface area contributed by atoms with Crippen molar-refractivity contribution >= 4 is 17.3 Å². The van der Waals surface area contributed by atoms with Crippen molar-refractivity contribution in [1.29, 1.82) is 0 Å². The van der Waals surface area contributed by atoms with Gasteiger partial charge in [-0.3, -0.25) is 19.8 Å². The Morgan fingerprint density at radius 2 is 2.00 bits per heavy atom. The summed E-state index contributed by atoms with van der Waals surface area (Å²) >= 11 is 0. The number of anilines is 1. The molecule has 29 heavy (non-hydrogen) atoms. The van der Waals surface area contributed by atoms with Gasteiger partial charge in [0.2, 0.25) is 0 Å². The molecule has 2 N–H and O–H groups in total. The van der Waals surface area contributed by atoms with Gasteiger partial charge in [-0.05, 0) is 42.5 Å². The predicted octanol–water partition coefficient (Wildman–Crippen LogP) is 3.80. The summed E-state index contributed by atoms with van der Waals surface area (Å²) in [6.07, 6.45) is 2.53. The van der Waals surface area contributed by atoms with Crippen molar-refractivity contribution < 1.29 is 9.72 Å². The number of non-ortho nitro benzene ring substituents is 1. The lowest BCUT2D eigenvalue weighted by Gasteiger charge is -2.31. The number of hydrogen-bond acceptors (Lipinski definition) is 5. The highest BCUT2D eigenvalue weighted by molar-refractivity contribution is 6.00. The van der Waals surface area contributed by atoms with Gasteiger partial charge in [0.05, 0.1) is 10.5 Å². The first-order chi connectivity index (χ1) is 14.0. The lowest BCUT2D eigenvalue weighted by molar-refractivity contribution is -0.384. The van der Waals surface area contributed by atoms with Crippen molar-refractivity contribution in [2.24, 2.45) is 5.92 Å². The van der Waals surface area contributed by atoms with Crippen molar-refractivity contribution in [3.05, 3.63) is 69.3 Å². The van der Waals surface area contributed by atoms with E-state index in [2.05, 4.69) is 34.6 Å². The van der Waals surface area contributed by atoms with Crippen LogP contribution in [0.4, 0.5) is 11.4 Å². The van der Waals surface area contributed by atoms with E-state index in [9.17, 15) is 14.9 Å². The molecule has 7 heteroatoms. The summed E-state index contributed by atoms with van der Waals surface area (Å²) in [5.74, 6) is 0.371. The Labute approximate surface area is 171 Å². The van der Waals surface area contributed by atoms with Crippen LogP contribution >= 0.6 is 0 Å². The summed E-state index contributed by atoms with van der Waals surface area (Å²) in [6, 6.07) is 12.6. The number of benzene rings is 2. The summed E-state index contributed by atoms with van der Waals surface area (Å²) in [7, 11) is 1.51. The quantitative estimate of drug-likeness (QED) is 0.549. The van der Waals surface area contributed by atoms with Gasteiger partial charge in [0, 0.05) is 44.5 Å². The number of nitro groups is 1. The molecule has 1 aliphatic heterocycles. The molecule has 0 aromatic heterocycles. The van der Waals surface area contributed by atoms with E-state index in [0.717, 1.165) is 31.1 Å². The van der Waals surface area contributed by atoms with E-state index >= 15 is 0 Å². The Morgan fingerprint density at radius 3 is 2.69 bits per heavy atom. The van der Waals surface area contributed by atoms with Gasteiger partial charge in [-0.15, -0.1) is 0 Å². The second kappa shape index (κ2) is 9.52. The maximum atomic E-state index is 12.2.